The van der Waals surface area contributed by atoms with E-state index >= 15 is 0 Å². The average molecular weight is 268 g/mol. The fraction of sp³-hybridized carbons (Fsp3) is 0.538. The van der Waals surface area contributed by atoms with E-state index in [1.54, 1.807) is 0 Å². The predicted octanol–water partition coefficient (Wildman–Crippen LogP) is 3.51. The van der Waals surface area contributed by atoms with Gasteiger partial charge in [-0.1, -0.05) is 28.1 Å². The third-order valence-corrected chi connectivity index (χ3v) is 4.00. The third-order valence-electron chi connectivity index (χ3n) is 3.48. The molecule has 1 aliphatic carbocycles. The van der Waals surface area contributed by atoms with Gasteiger partial charge in [0.15, 0.2) is 0 Å². The van der Waals surface area contributed by atoms with E-state index < -0.39 is 0 Å². The number of hydrogen-bond acceptors (Lipinski definition) is 1. The highest BCUT2D eigenvalue weighted by molar-refractivity contribution is 9.10. The third kappa shape index (κ3) is 3.05. The summed E-state index contributed by atoms with van der Waals surface area (Å²) in [5.41, 5.74) is 7.74. The van der Waals surface area contributed by atoms with E-state index in [0.717, 1.165) is 11.0 Å². The molecule has 2 rings (SSSR count). The van der Waals surface area contributed by atoms with Gasteiger partial charge in [-0.2, -0.15) is 0 Å². The first-order valence-corrected chi connectivity index (χ1v) is 6.48. The molecule has 1 aromatic carbocycles. The minimum Gasteiger partial charge on any atom is -0.330 e. The van der Waals surface area contributed by atoms with Gasteiger partial charge in [-0.05, 0) is 61.8 Å². The summed E-state index contributed by atoms with van der Waals surface area (Å²) in [5.74, 6) is 0. The van der Waals surface area contributed by atoms with E-state index in [0.29, 0.717) is 5.41 Å². The Kier molecular flexibility index (Phi) is 3.47. The zero-order valence-corrected chi connectivity index (χ0v) is 10.6. The number of hydrogen-bond donors (Lipinski definition) is 1. The monoisotopic (exact) mass is 267 g/mol. The van der Waals surface area contributed by atoms with Gasteiger partial charge in [0.05, 0.1) is 0 Å². The van der Waals surface area contributed by atoms with Crippen LogP contribution in [0.25, 0.3) is 0 Å². The lowest BCUT2D eigenvalue weighted by Gasteiger charge is -2.11. The van der Waals surface area contributed by atoms with Gasteiger partial charge in [-0.25, -0.2) is 0 Å². The molecule has 1 aliphatic rings. The minimum atomic E-state index is 0.537. The standard InChI is InChI=1S/C13H18BrN/c14-12-5-3-11(4-6-12)2-1-7-13(10-15)8-9-13/h3-6H,1-2,7-10,15H2. The summed E-state index contributed by atoms with van der Waals surface area (Å²) in [6, 6.07) is 8.63. The van der Waals surface area contributed by atoms with Crippen LogP contribution in [0.5, 0.6) is 0 Å². The normalized spacial score (nSPS) is 17.7. The minimum absolute atomic E-state index is 0.537. The summed E-state index contributed by atoms with van der Waals surface area (Å²) < 4.78 is 1.16. The molecule has 1 aromatic rings. The highest BCUT2D eigenvalue weighted by Crippen LogP contribution is 2.48. The van der Waals surface area contributed by atoms with Crippen LogP contribution >= 0.6 is 15.9 Å². The van der Waals surface area contributed by atoms with Crippen LogP contribution in [-0.4, -0.2) is 6.54 Å². The number of halogens is 1. The van der Waals surface area contributed by atoms with Crippen LogP contribution in [0, 0.1) is 5.41 Å². The molecule has 0 bridgehead atoms. The van der Waals surface area contributed by atoms with Crippen molar-refractivity contribution in [3.05, 3.63) is 34.3 Å². The van der Waals surface area contributed by atoms with Crippen LogP contribution in [0.3, 0.4) is 0 Å². The lowest BCUT2D eigenvalue weighted by Crippen LogP contribution is -2.15. The molecule has 15 heavy (non-hydrogen) atoms. The largest absolute Gasteiger partial charge is 0.330 e. The zero-order valence-electron chi connectivity index (χ0n) is 9.01. The van der Waals surface area contributed by atoms with Gasteiger partial charge in [0.25, 0.3) is 0 Å². The molecule has 1 saturated carbocycles. The molecule has 0 saturated heterocycles. The van der Waals surface area contributed by atoms with Gasteiger partial charge in [-0.3, -0.25) is 0 Å². The Labute approximate surface area is 100 Å². The molecule has 0 spiro atoms. The molecule has 2 heteroatoms. The van der Waals surface area contributed by atoms with E-state index in [2.05, 4.69) is 40.2 Å². The Balaban J connectivity index is 1.76. The van der Waals surface area contributed by atoms with Gasteiger partial charge in [0.2, 0.25) is 0 Å². The summed E-state index contributed by atoms with van der Waals surface area (Å²) >= 11 is 3.45. The van der Waals surface area contributed by atoms with Crippen LogP contribution < -0.4 is 5.73 Å². The predicted molar refractivity (Wildman–Crippen MR) is 67.8 cm³/mol. The molecule has 0 aliphatic heterocycles. The molecule has 0 atom stereocenters. The van der Waals surface area contributed by atoms with E-state index in [9.17, 15) is 0 Å². The van der Waals surface area contributed by atoms with E-state index in [-0.39, 0.29) is 0 Å². The van der Waals surface area contributed by atoms with Crippen LogP contribution in [0.4, 0.5) is 0 Å². The Bertz CT molecular complexity index is 314. The smallest absolute Gasteiger partial charge is 0.0175 e. The first-order valence-electron chi connectivity index (χ1n) is 5.69. The SMILES string of the molecule is NCC1(CCCc2ccc(Br)cc2)CC1. The van der Waals surface area contributed by atoms with Crippen molar-refractivity contribution < 1.29 is 0 Å². The van der Waals surface area contributed by atoms with Crippen LogP contribution in [0.2, 0.25) is 0 Å². The molecule has 0 heterocycles. The van der Waals surface area contributed by atoms with Crippen molar-refractivity contribution in [1.29, 1.82) is 0 Å². The highest BCUT2D eigenvalue weighted by atomic mass is 79.9. The molecule has 82 valence electrons. The second-order valence-corrected chi connectivity index (χ2v) is 5.60. The molecule has 0 aromatic heterocycles. The van der Waals surface area contributed by atoms with Crippen molar-refractivity contribution in [1.82, 2.24) is 0 Å². The first kappa shape index (κ1) is 11.2. The van der Waals surface area contributed by atoms with Crippen LogP contribution in [0.1, 0.15) is 31.2 Å². The molecular weight excluding hydrogens is 250 g/mol. The topological polar surface area (TPSA) is 26.0 Å². The second-order valence-electron chi connectivity index (χ2n) is 4.68. The van der Waals surface area contributed by atoms with E-state index in [4.69, 9.17) is 5.73 Å². The van der Waals surface area contributed by atoms with Gasteiger partial charge in [-0.15, -0.1) is 0 Å². The van der Waals surface area contributed by atoms with Gasteiger partial charge >= 0.3 is 0 Å². The van der Waals surface area contributed by atoms with Crippen molar-refractivity contribution in [2.75, 3.05) is 6.54 Å². The summed E-state index contributed by atoms with van der Waals surface area (Å²) in [6.45, 7) is 0.882. The second kappa shape index (κ2) is 4.67. The van der Waals surface area contributed by atoms with Crippen molar-refractivity contribution in [2.45, 2.75) is 32.1 Å². The lowest BCUT2D eigenvalue weighted by molar-refractivity contribution is 0.460. The molecule has 1 nitrogen and oxygen atoms in total. The van der Waals surface area contributed by atoms with Crippen LogP contribution in [0.15, 0.2) is 28.7 Å². The Morgan fingerprint density at radius 2 is 1.87 bits per heavy atom. The van der Waals surface area contributed by atoms with E-state index in [1.807, 2.05) is 0 Å². The zero-order chi connectivity index (χ0) is 10.7. The maximum atomic E-state index is 5.76. The fourth-order valence-corrected chi connectivity index (χ4v) is 2.32. The Hall–Kier alpha value is -0.340. The summed E-state index contributed by atoms with van der Waals surface area (Å²) in [5, 5.41) is 0. The first-order chi connectivity index (χ1) is 7.24. The van der Waals surface area contributed by atoms with Crippen molar-refractivity contribution >= 4 is 15.9 Å². The van der Waals surface area contributed by atoms with Gasteiger partial charge < -0.3 is 5.73 Å². The summed E-state index contributed by atoms with van der Waals surface area (Å²) in [4.78, 5) is 0. The molecule has 0 radical (unpaired) electrons. The average Bonchev–Trinajstić information content (AvgIpc) is 3.02. The van der Waals surface area contributed by atoms with Crippen molar-refractivity contribution in [2.24, 2.45) is 11.1 Å². The Morgan fingerprint density at radius 1 is 1.20 bits per heavy atom. The molecular formula is C13H18BrN. The summed E-state index contributed by atoms with van der Waals surface area (Å²) in [6.07, 6.45) is 6.47. The number of benzene rings is 1. The molecule has 2 N–H and O–H groups in total. The van der Waals surface area contributed by atoms with Crippen molar-refractivity contribution in [3.63, 3.8) is 0 Å². The molecule has 1 fully saturated rings. The Morgan fingerprint density at radius 3 is 2.40 bits per heavy atom. The highest BCUT2D eigenvalue weighted by Gasteiger charge is 2.39. The van der Waals surface area contributed by atoms with Gasteiger partial charge in [0, 0.05) is 4.47 Å². The maximum Gasteiger partial charge on any atom is 0.0175 e. The quantitative estimate of drug-likeness (QED) is 0.868. The number of aryl methyl sites for hydroxylation is 1. The molecule has 0 unspecified atom stereocenters. The van der Waals surface area contributed by atoms with Crippen LogP contribution in [-0.2, 0) is 6.42 Å². The number of rotatable bonds is 5. The lowest BCUT2D eigenvalue weighted by atomic mass is 9.97. The van der Waals surface area contributed by atoms with E-state index in [1.165, 1.54) is 37.7 Å². The summed E-state index contributed by atoms with van der Waals surface area (Å²) in [7, 11) is 0. The maximum absolute atomic E-state index is 5.76. The fourth-order valence-electron chi connectivity index (χ4n) is 2.05. The van der Waals surface area contributed by atoms with Gasteiger partial charge in [0.1, 0.15) is 0 Å². The number of nitrogens with two attached hydrogens (primary N) is 1. The van der Waals surface area contributed by atoms with Crippen molar-refractivity contribution in [3.8, 4) is 0 Å². The molecule has 0 amide bonds.